The summed E-state index contributed by atoms with van der Waals surface area (Å²) in [5.41, 5.74) is 14.8. The van der Waals surface area contributed by atoms with Gasteiger partial charge in [0.1, 0.15) is 31.5 Å². The Morgan fingerprint density at radius 1 is 0.720 bits per heavy atom. The molecular weight excluding hydrogens is 1090 g/mol. The van der Waals surface area contributed by atoms with Gasteiger partial charge < -0.3 is 68.7 Å². The average molecular weight is 1190 g/mol. The highest BCUT2D eigenvalue weighted by atomic mass is 28.4. The summed E-state index contributed by atoms with van der Waals surface area (Å²) >= 11 is 0. The lowest BCUT2D eigenvalue weighted by Crippen LogP contribution is -2.46. The largest absolute Gasteiger partial charge is 0.463 e. The number of aliphatic hydroxyl groups is 3. The van der Waals surface area contributed by atoms with Crippen LogP contribution in [0.4, 0.5) is 14.4 Å². The van der Waals surface area contributed by atoms with Crippen molar-refractivity contribution in [1.82, 2.24) is 15.1 Å². The van der Waals surface area contributed by atoms with Gasteiger partial charge in [0, 0.05) is 47.7 Å². The molecular formula is C59H105N7O14Si2. The average Bonchev–Trinajstić information content (AvgIpc) is 4.17. The number of ether oxygens (including phenoxy) is 5. The van der Waals surface area contributed by atoms with Crippen LogP contribution in [0.3, 0.4) is 0 Å². The van der Waals surface area contributed by atoms with Gasteiger partial charge in [-0.2, -0.15) is 0 Å². The lowest BCUT2D eigenvalue weighted by molar-refractivity contribution is -0.144. The number of amides is 3. The predicted molar refractivity (Wildman–Crippen MR) is 320 cm³/mol. The molecule has 82 heavy (non-hydrogen) atoms. The molecule has 0 bridgehead atoms. The zero-order valence-electron chi connectivity index (χ0n) is 51.6. The fraction of sp³-hybridized carbons (Fsp3) is 0.831. The van der Waals surface area contributed by atoms with E-state index in [0.717, 1.165) is 121 Å². The third kappa shape index (κ3) is 25.3. The van der Waals surface area contributed by atoms with E-state index in [0.29, 0.717) is 51.0 Å². The van der Waals surface area contributed by atoms with Gasteiger partial charge in [0.25, 0.3) is 0 Å². The molecule has 23 heteroatoms. The molecule has 3 heterocycles. The Balaban J connectivity index is 0.000000232. The topological polar surface area (TPSA) is 290 Å². The minimum atomic E-state index is -1.71. The number of rotatable bonds is 16. The van der Waals surface area contributed by atoms with Gasteiger partial charge in [0.05, 0.1) is 45.1 Å². The summed E-state index contributed by atoms with van der Waals surface area (Å²) in [4.78, 5) is 52.3. The summed E-state index contributed by atoms with van der Waals surface area (Å²) < 4.78 is 38.3. The number of esters is 1. The lowest BCUT2D eigenvalue weighted by Gasteiger charge is -2.42. The van der Waals surface area contributed by atoms with E-state index in [9.17, 15) is 24.3 Å². The number of aliphatic hydroxyl groups excluding tert-OH is 3. The number of nitrogens with two attached hydrogens (primary N) is 1. The Bertz CT molecular complexity index is 2080. The van der Waals surface area contributed by atoms with Crippen molar-refractivity contribution in [2.24, 2.45) is 10.8 Å². The molecule has 4 saturated carbocycles. The molecule has 0 radical (unpaired) electrons. The molecule has 3 saturated heterocycles. The molecule has 3 aliphatic heterocycles. The Morgan fingerprint density at radius 3 is 1.62 bits per heavy atom. The van der Waals surface area contributed by atoms with Crippen molar-refractivity contribution in [3.05, 3.63) is 46.3 Å². The second-order valence-corrected chi connectivity index (χ2v) is 35.7. The normalized spacial score (nSPS) is 28.3. The number of epoxide rings is 1. The van der Waals surface area contributed by atoms with E-state index in [1.165, 1.54) is 0 Å². The first-order valence-corrected chi connectivity index (χ1v) is 36.2. The molecule has 1 aromatic carbocycles. The van der Waals surface area contributed by atoms with E-state index in [1.807, 2.05) is 37.3 Å². The summed E-state index contributed by atoms with van der Waals surface area (Å²) in [6.07, 6.45) is 15.1. The highest BCUT2D eigenvalue weighted by Crippen LogP contribution is 2.41. The number of nitrogens with zero attached hydrogens (tertiary/aromatic N) is 5. The SMILES string of the molecule is CC(C)(C)[Si](C)(C)OC1CCC(N2C[C@H](CO)OC2=O)CC1.CC(C)(C)[Si](C)(C)OC1CCC(NC(=O)OCc2ccccc2)CC1.CCCC(=O)OCC1CO1.NC1CCC(O)CC1.[N-]=[N+]=NC[C@H]1CN(C2CCC(O)CC2)C(=O)O1. The fourth-order valence-corrected chi connectivity index (χ4v) is 12.9. The van der Waals surface area contributed by atoms with Crippen LogP contribution in [0.25, 0.3) is 10.4 Å². The molecule has 4 aliphatic carbocycles. The molecule has 3 amide bonds. The Kier molecular flexibility index (Phi) is 29.4. The monoisotopic (exact) mass is 1190 g/mol. The molecule has 1 aromatic rings. The highest BCUT2D eigenvalue weighted by molar-refractivity contribution is 6.74. The van der Waals surface area contributed by atoms with E-state index in [-0.39, 0.29) is 96.1 Å². The Hall–Kier alpha value is -4.04. The molecule has 7 fully saturated rings. The van der Waals surface area contributed by atoms with Gasteiger partial charge in [-0.1, -0.05) is 83.9 Å². The maximum atomic E-state index is 12.0. The molecule has 8 rings (SSSR count). The standard InChI is InChI=1S/C20H33NO3Si.C16H31NO4Si.C10H16N4O3.C7H12O3.C6H13NO/c1-20(2,3)25(4,5)24-18-13-11-17(12-14-18)21-19(22)23-15-16-9-7-6-8-10-16;1-16(2,3)22(4,5)21-13-8-6-12(7-9-13)17-10-14(11-18)20-15(17)19;11-13-12-5-9-6-14(10(16)17-9)7-1-3-8(15)4-2-7;1-2-3-7(8)10-5-6-4-9-6;7-5-1-3-6(8)4-2-5/h6-10,17-18H,11-15H2,1-5H3,(H,21,22);12-14,18H,6-11H2,1-5H3;7-9,15H,1-6H2;6H,2-5H2,1H3;5-6,8H,1-4,7H2/t;12?,13?,14-;7?,8?,9-;;/m.10../s1. The number of carbonyl (C=O) groups is 4. The van der Waals surface area contributed by atoms with Crippen LogP contribution in [-0.4, -0.2) is 172 Å². The second kappa shape index (κ2) is 34.2. The van der Waals surface area contributed by atoms with E-state index in [2.05, 4.69) is 83.1 Å². The minimum Gasteiger partial charge on any atom is -0.463 e. The van der Waals surface area contributed by atoms with Gasteiger partial charge in [-0.25, -0.2) is 14.4 Å². The van der Waals surface area contributed by atoms with Crippen molar-refractivity contribution in [3.63, 3.8) is 0 Å². The summed E-state index contributed by atoms with van der Waals surface area (Å²) in [5, 5.41) is 34.4. The number of alkyl carbamates (subject to hydrolysis) is 1. The van der Waals surface area contributed by atoms with E-state index in [4.69, 9.17) is 54.0 Å². The summed E-state index contributed by atoms with van der Waals surface area (Å²) in [6.45, 7) is 27.4. The van der Waals surface area contributed by atoms with Crippen LogP contribution in [0.15, 0.2) is 35.4 Å². The van der Waals surface area contributed by atoms with E-state index >= 15 is 0 Å². The van der Waals surface area contributed by atoms with E-state index in [1.54, 1.807) is 9.80 Å². The van der Waals surface area contributed by atoms with Crippen LogP contribution in [0.2, 0.25) is 36.3 Å². The molecule has 21 nitrogen and oxygen atoms in total. The Morgan fingerprint density at radius 2 is 1.18 bits per heavy atom. The molecule has 7 aliphatic rings. The summed E-state index contributed by atoms with van der Waals surface area (Å²) in [5.74, 6) is -0.113. The number of carbonyl (C=O) groups excluding carboxylic acids is 4. The maximum absolute atomic E-state index is 12.0. The van der Waals surface area contributed by atoms with Crippen LogP contribution in [0.5, 0.6) is 0 Å². The van der Waals surface area contributed by atoms with Crippen molar-refractivity contribution < 1.29 is 67.0 Å². The Labute approximate surface area is 491 Å². The molecule has 3 atom stereocenters. The zero-order valence-corrected chi connectivity index (χ0v) is 53.6. The van der Waals surface area contributed by atoms with Gasteiger partial charge >= 0.3 is 24.2 Å². The van der Waals surface area contributed by atoms with Gasteiger partial charge in [-0.15, -0.1) is 0 Å². The molecule has 468 valence electrons. The predicted octanol–water partition coefficient (Wildman–Crippen LogP) is 10.8. The first-order chi connectivity index (χ1) is 38.6. The van der Waals surface area contributed by atoms with Crippen LogP contribution in [0.1, 0.15) is 170 Å². The van der Waals surface area contributed by atoms with Gasteiger partial charge in [-0.05, 0) is 157 Å². The van der Waals surface area contributed by atoms with Crippen LogP contribution >= 0.6 is 0 Å². The fourth-order valence-electron chi connectivity index (χ4n) is 10.0. The molecule has 1 unspecified atom stereocenters. The smallest absolute Gasteiger partial charge is 0.410 e. The number of azide groups is 1. The number of benzene rings is 1. The molecule has 0 spiro atoms. The number of hydrogen-bond acceptors (Lipinski definition) is 16. The van der Waals surface area contributed by atoms with Crippen LogP contribution < -0.4 is 11.1 Å². The van der Waals surface area contributed by atoms with Gasteiger partial charge in [0.15, 0.2) is 16.6 Å². The maximum Gasteiger partial charge on any atom is 0.410 e. The third-order valence-corrected chi connectivity index (χ3v) is 26.4. The highest BCUT2D eigenvalue weighted by Gasteiger charge is 2.43. The molecule has 6 N–H and O–H groups in total. The van der Waals surface area contributed by atoms with Crippen molar-refractivity contribution in [3.8, 4) is 0 Å². The van der Waals surface area contributed by atoms with Crippen molar-refractivity contribution >= 4 is 40.9 Å². The van der Waals surface area contributed by atoms with Crippen molar-refractivity contribution in [2.45, 2.75) is 274 Å². The molecule has 0 aromatic heterocycles. The number of cyclic esters (lactones) is 2. The number of hydrogen-bond donors (Lipinski definition) is 5. The summed E-state index contributed by atoms with van der Waals surface area (Å²) in [7, 11) is -3.42. The first kappa shape index (κ1) is 70.5. The third-order valence-electron chi connectivity index (χ3n) is 17.3. The zero-order chi connectivity index (χ0) is 60.7. The van der Waals surface area contributed by atoms with E-state index < -0.39 is 16.6 Å². The lowest BCUT2D eigenvalue weighted by atomic mass is 9.92. The van der Waals surface area contributed by atoms with Crippen molar-refractivity contribution in [2.75, 3.05) is 39.5 Å². The second-order valence-electron chi connectivity index (χ2n) is 26.2. The minimum absolute atomic E-state index is 0.0604. The van der Waals surface area contributed by atoms with Crippen LogP contribution in [0, 0.1) is 0 Å². The number of nitrogens with one attached hydrogen (secondary N) is 1. The summed E-state index contributed by atoms with van der Waals surface area (Å²) in [6, 6.07) is 10.7. The first-order valence-electron chi connectivity index (χ1n) is 30.4. The van der Waals surface area contributed by atoms with Crippen LogP contribution in [-0.2, 0) is 43.9 Å². The quantitative estimate of drug-likeness (QED) is 0.0196. The van der Waals surface area contributed by atoms with Crippen molar-refractivity contribution in [1.29, 1.82) is 0 Å². The van der Waals surface area contributed by atoms with Gasteiger partial charge in [-0.3, -0.25) is 4.79 Å². The van der Waals surface area contributed by atoms with Gasteiger partial charge in [0.2, 0.25) is 0 Å².